The molecule has 2 aromatic carbocycles. The van der Waals surface area contributed by atoms with Gasteiger partial charge in [-0.25, -0.2) is 0 Å². The third kappa shape index (κ3) is 8.37. The SMILES string of the molecule is CNC(=O)[C@H](Cc1ccccc1)NC(=O)[C@H](CCc1ccccc1)NC(=O)C(C(C)=S)C(C)C. The van der Waals surface area contributed by atoms with E-state index in [-0.39, 0.29) is 17.7 Å². The lowest BCUT2D eigenvalue weighted by Crippen LogP contribution is -2.55. The molecule has 1 unspecified atom stereocenters. The summed E-state index contributed by atoms with van der Waals surface area (Å²) in [5.41, 5.74) is 1.99. The highest BCUT2D eigenvalue weighted by Gasteiger charge is 2.30. The summed E-state index contributed by atoms with van der Waals surface area (Å²) in [6, 6.07) is 17.7. The molecule has 34 heavy (non-hydrogen) atoms. The third-order valence-electron chi connectivity index (χ3n) is 5.75. The number of hydrogen-bond acceptors (Lipinski definition) is 4. The zero-order chi connectivity index (χ0) is 25.1. The van der Waals surface area contributed by atoms with Crippen LogP contribution in [-0.4, -0.2) is 41.7 Å². The topological polar surface area (TPSA) is 87.3 Å². The fourth-order valence-electron chi connectivity index (χ4n) is 3.95. The first-order valence-corrected chi connectivity index (χ1v) is 12.0. The Hall–Kier alpha value is -3.06. The molecule has 3 N–H and O–H groups in total. The number of benzene rings is 2. The number of likely N-dealkylation sites (N-methyl/N-ethyl adjacent to an activating group) is 1. The molecule has 0 fully saturated rings. The molecule has 0 bridgehead atoms. The Bertz CT molecular complexity index is 964. The highest BCUT2D eigenvalue weighted by Crippen LogP contribution is 2.15. The fourth-order valence-corrected chi connectivity index (χ4v) is 4.33. The Balaban J connectivity index is 2.21. The van der Waals surface area contributed by atoms with E-state index in [4.69, 9.17) is 12.2 Å². The quantitative estimate of drug-likeness (QED) is 0.406. The first-order valence-electron chi connectivity index (χ1n) is 11.6. The number of nitrogens with one attached hydrogen (secondary N) is 3. The molecule has 3 amide bonds. The van der Waals surface area contributed by atoms with Gasteiger partial charge in [-0.05, 0) is 36.8 Å². The van der Waals surface area contributed by atoms with Gasteiger partial charge in [0.2, 0.25) is 17.7 Å². The second-order valence-electron chi connectivity index (χ2n) is 8.78. The Kier molecular flexibility index (Phi) is 10.9. The number of hydrogen-bond donors (Lipinski definition) is 3. The Morgan fingerprint density at radius 2 is 1.32 bits per heavy atom. The summed E-state index contributed by atoms with van der Waals surface area (Å²) in [6.45, 7) is 5.61. The number of amides is 3. The normalized spacial score (nSPS) is 13.4. The Morgan fingerprint density at radius 1 is 0.794 bits per heavy atom. The lowest BCUT2D eigenvalue weighted by atomic mass is 9.91. The highest BCUT2D eigenvalue weighted by molar-refractivity contribution is 7.80. The second kappa shape index (κ2) is 13.6. The van der Waals surface area contributed by atoms with Crippen molar-refractivity contribution in [3.8, 4) is 0 Å². The number of aryl methyl sites for hydroxylation is 1. The maximum absolute atomic E-state index is 13.3. The van der Waals surface area contributed by atoms with Crippen molar-refractivity contribution < 1.29 is 14.4 Å². The monoisotopic (exact) mass is 481 g/mol. The van der Waals surface area contributed by atoms with Crippen LogP contribution in [0.25, 0.3) is 0 Å². The van der Waals surface area contributed by atoms with E-state index >= 15 is 0 Å². The highest BCUT2D eigenvalue weighted by atomic mass is 32.1. The molecule has 0 aliphatic carbocycles. The van der Waals surface area contributed by atoms with Gasteiger partial charge in [-0.2, -0.15) is 0 Å². The summed E-state index contributed by atoms with van der Waals surface area (Å²) in [5, 5.41) is 8.38. The predicted molar refractivity (Wildman–Crippen MR) is 139 cm³/mol. The zero-order valence-electron chi connectivity index (χ0n) is 20.3. The maximum atomic E-state index is 13.3. The second-order valence-corrected chi connectivity index (χ2v) is 9.43. The van der Waals surface area contributed by atoms with Crippen molar-refractivity contribution >= 4 is 34.8 Å². The van der Waals surface area contributed by atoms with Crippen molar-refractivity contribution in [3.05, 3.63) is 71.8 Å². The number of thiocarbonyl (C=S) groups is 1. The minimum absolute atomic E-state index is 0.00651. The Labute approximate surface area is 207 Å². The number of carbonyl (C=O) groups is 3. The van der Waals surface area contributed by atoms with Gasteiger partial charge in [-0.15, -0.1) is 0 Å². The summed E-state index contributed by atoms with van der Waals surface area (Å²) < 4.78 is 0. The summed E-state index contributed by atoms with van der Waals surface area (Å²) >= 11 is 5.31. The van der Waals surface area contributed by atoms with Crippen LogP contribution in [0, 0.1) is 11.8 Å². The van der Waals surface area contributed by atoms with Gasteiger partial charge in [0.1, 0.15) is 12.1 Å². The van der Waals surface area contributed by atoms with Crippen LogP contribution in [0.15, 0.2) is 60.7 Å². The molecule has 6 nitrogen and oxygen atoms in total. The molecule has 0 saturated carbocycles. The fraction of sp³-hybridized carbons (Fsp3) is 0.407. The van der Waals surface area contributed by atoms with Gasteiger partial charge in [0.25, 0.3) is 0 Å². The molecular weight excluding hydrogens is 446 g/mol. The van der Waals surface area contributed by atoms with Gasteiger partial charge in [0.15, 0.2) is 0 Å². The van der Waals surface area contributed by atoms with Crippen LogP contribution in [-0.2, 0) is 27.2 Å². The number of carbonyl (C=O) groups excluding carboxylic acids is 3. The van der Waals surface area contributed by atoms with E-state index in [9.17, 15) is 14.4 Å². The van der Waals surface area contributed by atoms with Gasteiger partial charge in [-0.3, -0.25) is 14.4 Å². The van der Waals surface area contributed by atoms with E-state index in [1.54, 1.807) is 6.92 Å². The Morgan fingerprint density at radius 3 is 1.82 bits per heavy atom. The van der Waals surface area contributed by atoms with Gasteiger partial charge >= 0.3 is 0 Å². The van der Waals surface area contributed by atoms with Crippen molar-refractivity contribution in [2.75, 3.05) is 7.05 Å². The standard InChI is InChI=1S/C27H35N3O3S/c1-18(2)24(19(3)34)27(33)29-22(16-15-20-11-7-5-8-12-20)26(32)30-23(25(31)28-4)17-21-13-9-6-10-14-21/h5-14,18,22-24H,15-17H2,1-4H3,(H,28,31)(H,29,33)(H,30,32)/t22-,23-,24?/m0/s1. The molecule has 0 heterocycles. The lowest BCUT2D eigenvalue weighted by molar-refractivity contribution is -0.132. The van der Waals surface area contributed by atoms with Crippen molar-refractivity contribution in [1.29, 1.82) is 0 Å². The van der Waals surface area contributed by atoms with E-state index in [1.807, 2.05) is 74.5 Å². The number of rotatable bonds is 12. The average molecular weight is 482 g/mol. The summed E-state index contributed by atoms with van der Waals surface area (Å²) in [4.78, 5) is 39.5. The van der Waals surface area contributed by atoms with Crippen LogP contribution >= 0.6 is 12.2 Å². The summed E-state index contributed by atoms with van der Waals surface area (Å²) in [6.07, 6.45) is 1.35. The third-order valence-corrected chi connectivity index (χ3v) is 6.00. The van der Waals surface area contributed by atoms with Crippen LogP contribution < -0.4 is 16.0 Å². The van der Waals surface area contributed by atoms with Crippen LogP contribution in [0.3, 0.4) is 0 Å². The molecule has 0 aromatic heterocycles. The summed E-state index contributed by atoms with van der Waals surface area (Å²) in [5.74, 6) is -1.41. The minimum atomic E-state index is -0.800. The first-order chi connectivity index (χ1) is 16.2. The van der Waals surface area contributed by atoms with E-state index in [1.165, 1.54) is 7.05 Å². The van der Waals surface area contributed by atoms with E-state index in [0.29, 0.717) is 24.1 Å². The van der Waals surface area contributed by atoms with Gasteiger partial charge < -0.3 is 16.0 Å². The first kappa shape index (κ1) is 27.2. The molecule has 3 atom stereocenters. The van der Waals surface area contributed by atoms with Crippen molar-refractivity contribution in [3.63, 3.8) is 0 Å². The molecule has 0 radical (unpaired) electrons. The van der Waals surface area contributed by atoms with Crippen LogP contribution in [0.2, 0.25) is 0 Å². The predicted octanol–water partition coefficient (Wildman–Crippen LogP) is 3.24. The molecule has 0 aliphatic heterocycles. The van der Waals surface area contributed by atoms with Crippen molar-refractivity contribution in [2.24, 2.45) is 11.8 Å². The van der Waals surface area contributed by atoms with Crippen molar-refractivity contribution in [1.82, 2.24) is 16.0 Å². The zero-order valence-corrected chi connectivity index (χ0v) is 21.2. The molecule has 0 saturated heterocycles. The molecular formula is C27H35N3O3S. The van der Waals surface area contributed by atoms with Crippen LogP contribution in [0.1, 0.15) is 38.3 Å². The molecule has 182 valence electrons. The molecule has 0 spiro atoms. The van der Waals surface area contributed by atoms with Crippen LogP contribution in [0.5, 0.6) is 0 Å². The summed E-state index contributed by atoms with van der Waals surface area (Å²) in [7, 11) is 1.54. The minimum Gasteiger partial charge on any atom is -0.357 e. The van der Waals surface area contributed by atoms with Crippen LogP contribution in [0.4, 0.5) is 0 Å². The average Bonchev–Trinajstić information content (AvgIpc) is 2.81. The maximum Gasteiger partial charge on any atom is 0.243 e. The lowest BCUT2D eigenvalue weighted by Gasteiger charge is -2.26. The van der Waals surface area contributed by atoms with E-state index in [2.05, 4.69) is 16.0 Å². The van der Waals surface area contributed by atoms with Gasteiger partial charge in [0, 0.05) is 18.3 Å². The molecule has 2 aromatic rings. The molecule has 2 rings (SSSR count). The van der Waals surface area contributed by atoms with E-state index < -0.39 is 23.9 Å². The largest absolute Gasteiger partial charge is 0.357 e. The van der Waals surface area contributed by atoms with Gasteiger partial charge in [-0.1, -0.05) is 86.7 Å². The molecule has 0 aliphatic rings. The molecule has 7 heteroatoms. The van der Waals surface area contributed by atoms with Crippen molar-refractivity contribution in [2.45, 2.75) is 52.1 Å². The smallest absolute Gasteiger partial charge is 0.243 e. The van der Waals surface area contributed by atoms with E-state index in [0.717, 1.165) is 11.1 Å². The van der Waals surface area contributed by atoms with Gasteiger partial charge in [0.05, 0.1) is 5.92 Å².